The number of rotatable bonds is 6. The first-order valence-corrected chi connectivity index (χ1v) is 7.70. The van der Waals surface area contributed by atoms with Gasteiger partial charge in [0.1, 0.15) is 5.82 Å². The zero-order valence-electron chi connectivity index (χ0n) is 13.2. The van der Waals surface area contributed by atoms with E-state index in [0.29, 0.717) is 17.2 Å². The minimum atomic E-state index is -0.503. The van der Waals surface area contributed by atoms with E-state index >= 15 is 0 Å². The molecule has 5 heteroatoms. The van der Waals surface area contributed by atoms with Crippen LogP contribution in [0.15, 0.2) is 12.3 Å². The van der Waals surface area contributed by atoms with E-state index in [-0.39, 0.29) is 5.82 Å². The molecule has 1 heterocycles. The van der Waals surface area contributed by atoms with Crippen molar-refractivity contribution in [3.05, 3.63) is 18.1 Å². The van der Waals surface area contributed by atoms with Crippen LogP contribution in [0.3, 0.4) is 0 Å². The highest BCUT2D eigenvalue weighted by Crippen LogP contribution is 2.43. The Labute approximate surface area is 126 Å². The summed E-state index contributed by atoms with van der Waals surface area (Å²) in [7, 11) is 1.34. The van der Waals surface area contributed by atoms with Crippen LogP contribution >= 0.6 is 0 Å². The lowest BCUT2D eigenvalue weighted by atomic mass is 9.78. The van der Waals surface area contributed by atoms with Crippen LogP contribution in [-0.2, 0) is 4.74 Å². The number of ether oxygens (including phenoxy) is 1. The zero-order chi connectivity index (χ0) is 15.3. The third kappa shape index (κ3) is 4.16. The number of carbonyl (C=O) groups is 1. The number of hydrogen-bond acceptors (Lipinski definition) is 5. The quantitative estimate of drug-likeness (QED) is 0.815. The fourth-order valence-corrected chi connectivity index (χ4v) is 3.37. The molecule has 1 fully saturated rings. The number of hydrogen-bond donors (Lipinski definition) is 1. The van der Waals surface area contributed by atoms with Crippen molar-refractivity contribution in [2.24, 2.45) is 11.3 Å². The smallest absolute Gasteiger partial charge is 0.376 e. The molecule has 0 saturated heterocycles. The van der Waals surface area contributed by atoms with Crippen molar-refractivity contribution in [2.75, 3.05) is 19.0 Å². The van der Waals surface area contributed by atoms with Gasteiger partial charge in [0.15, 0.2) is 0 Å². The second kappa shape index (κ2) is 6.87. The maximum Gasteiger partial charge on any atom is 0.376 e. The molecular weight excluding hydrogens is 266 g/mol. The standard InChI is InChI=1S/C16H25N3O2/c1-12(2)10-16(7-4-5-8-16)11-18-13-6-9-17-14(19-13)15(20)21-3/h6,9,12H,4-5,7-8,10-11H2,1-3H3,(H,17,18,19). The molecule has 21 heavy (non-hydrogen) atoms. The Hall–Kier alpha value is -1.65. The predicted octanol–water partition coefficient (Wildman–Crippen LogP) is 3.28. The highest BCUT2D eigenvalue weighted by Gasteiger charge is 2.34. The average Bonchev–Trinajstić information content (AvgIpc) is 2.92. The molecule has 0 unspecified atom stereocenters. The van der Waals surface area contributed by atoms with E-state index in [0.717, 1.165) is 6.54 Å². The van der Waals surface area contributed by atoms with Crippen LogP contribution in [0.5, 0.6) is 0 Å². The van der Waals surface area contributed by atoms with E-state index in [4.69, 9.17) is 0 Å². The molecule has 0 aromatic carbocycles. The summed E-state index contributed by atoms with van der Waals surface area (Å²) in [6, 6.07) is 1.80. The molecule has 0 atom stereocenters. The topological polar surface area (TPSA) is 64.1 Å². The normalized spacial score (nSPS) is 17.0. The predicted molar refractivity (Wildman–Crippen MR) is 82.2 cm³/mol. The van der Waals surface area contributed by atoms with Crippen LogP contribution in [0.4, 0.5) is 5.82 Å². The molecule has 1 aliphatic rings. The Kier molecular flexibility index (Phi) is 5.15. The van der Waals surface area contributed by atoms with Gasteiger partial charge in [-0.3, -0.25) is 0 Å². The first-order valence-electron chi connectivity index (χ1n) is 7.70. The molecule has 1 aromatic rings. The number of carbonyl (C=O) groups excluding carboxylic acids is 1. The second-order valence-corrected chi connectivity index (χ2v) is 6.42. The first-order chi connectivity index (χ1) is 10.0. The van der Waals surface area contributed by atoms with Crippen LogP contribution < -0.4 is 5.32 Å². The first kappa shape index (κ1) is 15.7. The molecule has 5 nitrogen and oxygen atoms in total. The van der Waals surface area contributed by atoms with Gasteiger partial charge in [0.25, 0.3) is 0 Å². The number of methoxy groups -OCH3 is 1. The highest BCUT2D eigenvalue weighted by atomic mass is 16.5. The lowest BCUT2D eigenvalue weighted by Gasteiger charge is -2.31. The van der Waals surface area contributed by atoms with Gasteiger partial charge in [-0.25, -0.2) is 14.8 Å². The van der Waals surface area contributed by atoms with Crippen molar-refractivity contribution in [3.8, 4) is 0 Å². The summed E-state index contributed by atoms with van der Waals surface area (Å²) in [6.07, 6.45) is 7.98. The second-order valence-electron chi connectivity index (χ2n) is 6.42. The van der Waals surface area contributed by atoms with Crippen LogP contribution in [0.25, 0.3) is 0 Å². The average molecular weight is 291 g/mol. The Morgan fingerprint density at radius 3 is 2.76 bits per heavy atom. The van der Waals surface area contributed by atoms with E-state index < -0.39 is 5.97 Å². The van der Waals surface area contributed by atoms with Crippen LogP contribution in [0, 0.1) is 11.3 Å². The molecule has 1 aliphatic carbocycles. The third-order valence-electron chi connectivity index (χ3n) is 4.17. The van der Waals surface area contributed by atoms with Crippen molar-refractivity contribution in [1.29, 1.82) is 0 Å². The summed E-state index contributed by atoms with van der Waals surface area (Å²) < 4.78 is 4.65. The van der Waals surface area contributed by atoms with Gasteiger partial charge in [-0.1, -0.05) is 26.7 Å². The molecule has 116 valence electrons. The van der Waals surface area contributed by atoms with E-state index in [2.05, 4.69) is 33.9 Å². The lowest BCUT2D eigenvalue weighted by molar-refractivity contribution is 0.0587. The number of nitrogens with one attached hydrogen (secondary N) is 1. The summed E-state index contributed by atoms with van der Waals surface area (Å²) in [5, 5.41) is 3.39. The molecule has 0 aliphatic heterocycles. The Bertz CT molecular complexity index is 482. The van der Waals surface area contributed by atoms with Crippen molar-refractivity contribution in [3.63, 3.8) is 0 Å². The Morgan fingerprint density at radius 2 is 2.14 bits per heavy atom. The fourth-order valence-electron chi connectivity index (χ4n) is 3.37. The van der Waals surface area contributed by atoms with Gasteiger partial charge in [-0.2, -0.15) is 0 Å². The molecule has 1 N–H and O–H groups in total. The molecule has 0 spiro atoms. The summed E-state index contributed by atoms with van der Waals surface area (Å²) >= 11 is 0. The molecule has 0 amide bonds. The van der Waals surface area contributed by atoms with Crippen LogP contribution in [0.1, 0.15) is 56.6 Å². The maximum absolute atomic E-state index is 11.5. The molecule has 1 aromatic heterocycles. The summed E-state index contributed by atoms with van der Waals surface area (Å²) in [5.41, 5.74) is 0.366. The van der Waals surface area contributed by atoms with E-state index in [9.17, 15) is 4.79 Å². The van der Waals surface area contributed by atoms with E-state index in [1.807, 2.05) is 0 Å². The number of nitrogens with zero attached hydrogens (tertiary/aromatic N) is 2. The lowest BCUT2D eigenvalue weighted by Crippen LogP contribution is -2.29. The largest absolute Gasteiger partial charge is 0.463 e. The van der Waals surface area contributed by atoms with Gasteiger partial charge < -0.3 is 10.1 Å². The minimum absolute atomic E-state index is 0.104. The number of esters is 1. The highest BCUT2D eigenvalue weighted by molar-refractivity contribution is 5.85. The van der Waals surface area contributed by atoms with Gasteiger partial charge >= 0.3 is 5.97 Å². The Morgan fingerprint density at radius 1 is 1.43 bits per heavy atom. The maximum atomic E-state index is 11.5. The van der Waals surface area contributed by atoms with Crippen LogP contribution in [0.2, 0.25) is 0 Å². The molecule has 0 radical (unpaired) electrons. The van der Waals surface area contributed by atoms with E-state index in [1.54, 1.807) is 12.3 Å². The van der Waals surface area contributed by atoms with Crippen molar-refractivity contribution < 1.29 is 9.53 Å². The molecule has 2 rings (SSSR count). The fraction of sp³-hybridized carbons (Fsp3) is 0.688. The molecule has 0 bridgehead atoms. The molecule has 1 saturated carbocycles. The Balaban J connectivity index is 2.02. The van der Waals surface area contributed by atoms with Gasteiger partial charge in [0.2, 0.25) is 5.82 Å². The summed E-state index contributed by atoms with van der Waals surface area (Å²) in [6.45, 7) is 5.46. The SMILES string of the molecule is COC(=O)c1nccc(NCC2(CC(C)C)CCCC2)n1. The summed E-state index contributed by atoms with van der Waals surface area (Å²) in [5.74, 6) is 0.990. The zero-order valence-corrected chi connectivity index (χ0v) is 13.2. The van der Waals surface area contributed by atoms with Gasteiger partial charge in [-0.05, 0) is 36.7 Å². The van der Waals surface area contributed by atoms with Crippen molar-refractivity contribution >= 4 is 11.8 Å². The van der Waals surface area contributed by atoms with E-state index in [1.165, 1.54) is 39.2 Å². The van der Waals surface area contributed by atoms with Crippen LogP contribution in [-0.4, -0.2) is 29.6 Å². The van der Waals surface area contributed by atoms with Gasteiger partial charge in [-0.15, -0.1) is 0 Å². The third-order valence-corrected chi connectivity index (χ3v) is 4.17. The van der Waals surface area contributed by atoms with Gasteiger partial charge in [0, 0.05) is 12.7 Å². The van der Waals surface area contributed by atoms with Gasteiger partial charge in [0.05, 0.1) is 7.11 Å². The number of anilines is 1. The van der Waals surface area contributed by atoms with Crippen molar-refractivity contribution in [2.45, 2.75) is 46.0 Å². The molecular formula is C16H25N3O2. The minimum Gasteiger partial charge on any atom is -0.463 e. The number of aromatic nitrogens is 2. The summed E-state index contributed by atoms with van der Waals surface area (Å²) in [4.78, 5) is 19.6. The van der Waals surface area contributed by atoms with Crippen molar-refractivity contribution in [1.82, 2.24) is 9.97 Å². The monoisotopic (exact) mass is 291 g/mol.